The Bertz CT molecular complexity index is 456. The number of nitrogens with one attached hydrogen (secondary N) is 1. The van der Waals surface area contributed by atoms with Gasteiger partial charge in [-0.15, -0.1) is 0 Å². The average Bonchev–Trinajstić information content (AvgIpc) is 2.77. The molecule has 3 heterocycles. The van der Waals surface area contributed by atoms with Gasteiger partial charge in [-0.05, 0) is 25.3 Å². The predicted octanol–water partition coefficient (Wildman–Crippen LogP) is 1.95. The van der Waals surface area contributed by atoms with Crippen LogP contribution < -0.4 is 4.90 Å². The van der Waals surface area contributed by atoms with Crippen LogP contribution in [0.25, 0.3) is 11.0 Å². The first-order valence-electron chi connectivity index (χ1n) is 5.48. The number of nitrogens with zero attached hydrogens (tertiary/aromatic N) is 3. The van der Waals surface area contributed by atoms with Crippen molar-refractivity contribution in [1.29, 1.82) is 0 Å². The molecule has 0 aliphatic carbocycles. The number of aromatic nitrogens is 3. The minimum absolute atomic E-state index is 0.865. The van der Waals surface area contributed by atoms with Gasteiger partial charge in [-0.25, -0.2) is 4.98 Å². The van der Waals surface area contributed by atoms with Crippen molar-refractivity contribution in [2.24, 2.45) is 0 Å². The van der Waals surface area contributed by atoms with Crippen LogP contribution in [-0.2, 0) is 0 Å². The van der Waals surface area contributed by atoms with Crippen molar-refractivity contribution < 1.29 is 0 Å². The molecule has 0 amide bonds. The van der Waals surface area contributed by atoms with E-state index in [0.29, 0.717) is 0 Å². The second-order valence-electron chi connectivity index (χ2n) is 4.00. The molecule has 0 spiro atoms. The highest BCUT2D eigenvalue weighted by Crippen LogP contribution is 2.17. The van der Waals surface area contributed by atoms with Gasteiger partial charge in [0.1, 0.15) is 5.65 Å². The lowest BCUT2D eigenvalue weighted by Crippen LogP contribution is -2.30. The summed E-state index contributed by atoms with van der Waals surface area (Å²) < 4.78 is 0. The van der Waals surface area contributed by atoms with Gasteiger partial charge < -0.3 is 9.88 Å². The van der Waals surface area contributed by atoms with E-state index in [9.17, 15) is 0 Å². The Morgan fingerprint density at radius 2 is 2.07 bits per heavy atom. The molecular weight excluding hydrogens is 188 g/mol. The number of hydrogen-bond donors (Lipinski definition) is 1. The van der Waals surface area contributed by atoms with Crippen molar-refractivity contribution >= 4 is 17.0 Å². The summed E-state index contributed by atoms with van der Waals surface area (Å²) in [6.45, 7) is 2.18. The molecule has 0 aromatic carbocycles. The van der Waals surface area contributed by atoms with E-state index in [1.165, 1.54) is 19.3 Å². The van der Waals surface area contributed by atoms with Crippen LogP contribution in [0.2, 0.25) is 0 Å². The van der Waals surface area contributed by atoms with E-state index in [2.05, 4.69) is 19.9 Å². The van der Waals surface area contributed by atoms with Gasteiger partial charge in [0.2, 0.25) is 5.95 Å². The zero-order chi connectivity index (χ0) is 10.1. The smallest absolute Gasteiger partial charge is 0.227 e. The Balaban J connectivity index is 1.95. The van der Waals surface area contributed by atoms with Crippen LogP contribution in [0.5, 0.6) is 0 Å². The highest BCUT2D eigenvalue weighted by Gasteiger charge is 2.13. The van der Waals surface area contributed by atoms with Gasteiger partial charge in [-0.2, -0.15) is 4.98 Å². The van der Waals surface area contributed by atoms with E-state index in [1.807, 2.05) is 18.5 Å². The lowest BCUT2D eigenvalue weighted by molar-refractivity contribution is 0.569. The largest absolute Gasteiger partial charge is 0.346 e. The maximum atomic E-state index is 4.52. The summed E-state index contributed by atoms with van der Waals surface area (Å²) in [5, 5.41) is 1.08. The molecule has 0 radical (unpaired) electrons. The minimum Gasteiger partial charge on any atom is -0.346 e. The maximum Gasteiger partial charge on any atom is 0.227 e. The number of hydrogen-bond acceptors (Lipinski definition) is 3. The molecule has 1 fully saturated rings. The van der Waals surface area contributed by atoms with Gasteiger partial charge in [0.25, 0.3) is 0 Å². The molecule has 1 aliphatic heterocycles. The number of piperidine rings is 1. The minimum atomic E-state index is 0.865. The first-order valence-corrected chi connectivity index (χ1v) is 5.48. The van der Waals surface area contributed by atoms with E-state index in [0.717, 1.165) is 30.1 Å². The van der Waals surface area contributed by atoms with Gasteiger partial charge >= 0.3 is 0 Å². The molecule has 78 valence electrons. The molecule has 2 aromatic heterocycles. The topological polar surface area (TPSA) is 44.8 Å². The maximum absolute atomic E-state index is 4.52. The molecule has 0 saturated carbocycles. The molecule has 1 aliphatic rings. The van der Waals surface area contributed by atoms with Gasteiger partial charge in [0.05, 0.1) is 0 Å². The third-order valence-electron chi connectivity index (χ3n) is 2.93. The molecular formula is C11H14N4. The molecule has 2 aromatic rings. The standard InChI is InChI=1S/C11H14N4/c1-2-6-15(7-3-1)11-13-8-9-4-5-12-10(9)14-11/h4-5,8H,1-3,6-7H2,(H,12,13,14). The van der Waals surface area contributed by atoms with Crippen molar-refractivity contribution in [2.75, 3.05) is 18.0 Å². The first-order chi connectivity index (χ1) is 7.43. The van der Waals surface area contributed by atoms with E-state index in [1.54, 1.807) is 0 Å². The predicted molar refractivity (Wildman–Crippen MR) is 60.0 cm³/mol. The molecule has 3 rings (SSSR count). The Kier molecular flexibility index (Phi) is 2.05. The van der Waals surface area contributed by atoms with Gasteiger partial charge in [0, 0.05) is 30.9 Å². The van der Waals surface area contributed by atoms with Crippen LogP contribution in [0.15, 0.2) is 18.5 Å². The van der Waals surface area contributed by atoms with E-state index in [4.69, 9.17) is 0 Å². The molecule has 0 bridgehead atoms. The Morgan fingerprint density at radius 3 is 2.93 bits per heavy atom. The van der Waals surface area contributed by atoms with Crippen molar-refractivity contribution in [3.63, 3.8) is 0 Å². The highest BCUT2D eigenvalue weighted by atomic mass is 15.3. The van der Waals surface area contributed by atoms with Crippen LogP contribution in [0.4, 0.5) is 5.95 Å². The van der Waals surface area contributed by atoms with Crippen molar-refractivity contribution in [1.82, 2.24) is 15.0 Å². The SMILES string of the molecule is c1cc2cnc(N3CCCCC3)nc2[nH]1. The number of H-pyrrole nitrogens is 1. The van der Waals surface area contributed by atoms with Crippen LogP contribution in [0, 0.1) is 0 Å². The zero-order valence-electron chi connectivity index (χ0n) is 8.61. The van der Waals surface area contributed by atoms with Crippen molar-refractivity contribution in [3.8, 4) is 0 Å². The van der Waals surface area contributed by atoms with Crippen LogP contribution in [0.1, 0.15) is 19.3 Å². The number of aromatic amines is 1. The molecule has 4 nitrogen and oxygen atoms in total. The molecule has 0 atom stereocenters. The van der Waals surface area contributed by atoms with E-state index >= 15 is 0 Å². The van der Waals surface area contributed by atoms with Crippen molar-refractivity contribution in [2.45, 2.75) is 19.3 Å². The van der Waals surface area contributed by atoms with Crippen LogP contribution in [-0.4, -0.2) is 28.0 Å². The lowest BCUT2D eigenvalue weighted by Gasteiger charge is -2.26. The fourth-order valence-corrected chi connectivity index (χ4v) is 2.08. The van der Waals surface area contributed by atoms with Crippen LogP contribution in [0.3, 0.4) is 0 Å². The fraction of sp³-hybridized carbons (Fsp3) is 0.455. The number of fused-ring (bicyclic) bond motifs is 1. The summed E-state index contributed by atoms with van der Waals surface area (Å²) in [5.41, 5.74) is 0.936. The van der Waals surface area contributed by atoms with Crippen LogP contribution >= 0.6 is 0 Å². The zero-order valence-corrected chi connectivity index (χ0v) is 8.61. The quantitative estimate of drug-likeness (QED) is 0.768. The molecule has 4 heteroatoms. The number of rotatable bonds is 1. The summed E-state index contributed by atoms with van der Waals surface area (Å²) in [4.78, 5) is 14.3. The van der Waals surface area contributed by atoms with Gasteiger partial charge in [-0.1, -0.05) is 0 Å². The monoisotopic (exact) mass is 202 g/mol. The Morgan fingerprint density at radius 1 is 1.20 bits per heavy atom. The summed E-state index contributed by atoms with van der Waals surface area (Å²) in [6.07, 6.45) is 7.64. The summed E-state index contributed by atoms with van der Waals surface area (Å²) >= 11 is 0. The van der Waals surface area contributed by atoms with E-state index < -0.39 is 0 Å². The first kappa shape index (κ1) is 8.71. The third kappa shape index (κ3) is 1.56. The van der Waals surface area contributed by atoms with Gasteiger partial charge in [0.15, 0.2) is 0 Å². The second-order valence-corrected chi connectivity index (χ2v) is 4.00. The lowest BCUT2D eigenvalue weighted by atomic mass is 10.1. The normalized spacial score (nSPS) is 17.2. The summed E-state index contributed by atoms with van der Waals surface area (Å²) in [5.74, 6) is 0.865. The fourth-order valence-electron chi connectivity index (χ4n) is 2.08. The Hall–Kier alpha value is -1.58. The summed E-state index contributed by atoms with van der Waals surface area (Å²) in [7, 11) is 0. The highest BCUT2D eigenvalue weighted by molar-refractivity contribution is 5.75. The third-order valence-corrected chi connectivity index (χ3v) is 2.93. The second kappa shape index (κ2) is 3.53. The summed E-state index contributed by atoms with van der Waals surface area (Å²) in [6, 6.07) is 2.00. The number of anilines is 1. The molecule has 1 saturated heterocycles. The van der Waals surface area contributed by atoms with Crippen molar-refractivity contribution in [3.05, 3.63) is 18.5 Å². The van der Waals surface area contributed by atoms with Gasteiger partial charge in [-0.3, -0.25) is 0 Å². The molecule has 1 N–H and O–H groups in total. The van der Waals surface area contributed by atoms with E-state index in [-0.39, 0.29) is 0 Å². The Labute approximate surface area is 88.3 Å². The molecule has 15 heavy (non-hydrogen) atoms. The molecule has 0 unspecified atom stereocenters. The average molecular weight is 202 g/mol.